The third kappa shape index (κ3) is 2.16. The highest BCUT2D eigenvalue weighted by atomic mass is 32.2. The molecular formula is C7H6F2N2O2S. The molecule has 0 aliphatic heterocycles. The minimum Gasteiger partial charge on any atom is -0.258 e. The molecule has 0 aliphatic carbocycles. The summed E-state index contributed by atoms with van der Waals surface area (Å²) in [5, 5.41) is 10.6. The highest BCUT2D eigenvalue weighted by molar-refractivity contribution is 7.98. The number of thioether (sulfide) groups is 1. The van der Waals surface area contributed by atoms with E-state index in [1.165, 1.54) is 0 Å². The van der Waals surface area contributed by atoms with Crippen LogP contribution < -0.4 is 0 Å². The molecule has 0 fully saturated rings. The number of aromatic nitrogens is 1. The summed E-state index contributed by atoms with van der Waals surface area (Å²) in [6, 6.07) is 0.851. The summed E-state index contributed by atoms with van der Waals surface area (Å²) in [6.45, 7) is 0. The topological polar surface area (TPSA) is 56.0 Å². The number of nitrogens with zero attached hydrogens (tertiary/aromatic N) is 2. The van der Waals surface area contributed by atoms with E-state index in [0.29, 0.717) is 0 Å². The van der Waals surface area contributed by atoms with Crippen LogP contribution in [0.2, 0.25) is 0 Å². The summed E-state index contributed by atoms with van der Waals surface area (Å²) < 4.78 is 24.4. The molecule has 0 N–H and O–H groups in total. The fourth-order valence-corrected chi connectivity index (χ4v) is 1.36. The van der Waals surface area contributed by atoms with Crippen LogP contribution in [0, 0.1) is 10.1 Å². The van der Waals surface area contributed by atoms with Crippen LogP contribution in [0.15, 0.2) is 17.3 Å². The smallest absolute Gasteiger partial charge is 0.258 e. The van der Waals surface area contributed by atoms with E-state index in [0.717, 1.165) is 24.0 Å². The molecule has 4 nitrogen and oxygen atoms in total. The van der Waals surface area contributed by atoms with Gasteiger partial charge in [0.25, 0.3) is 6.43 Å². The van der Waals surface area contributed by atoms with Gasteiger partial charge in [0.15, 0.2) is 5.03 Å². The summed E-state index contributed by atoms with van der Waals surface area (Å²) in [7, 11) is 0. The zero-order chi connectivity index (χ0) is 10.7. The van der Waals surface area contributed by atoms with E-state index in [4.69, 9.17) is 0 Å². The number of halogens is 2. The van der Waals surface area contributed by atoms with Crippen LogP contribution in [0.3, 0.4) is 0 Å². The van der Waals surface area contributed by atoms with Gasteiger partial charge in [-0.05, 0) is 6.26 Å². The fraction of sp³-hybridized carbons (Fsp3) is 0.286. The number of rotatable bonds is 3. The maximum Gasteiger partial charge on any atom is 0.301 e. The summed E-state index contributed by atoms with van der Waals surface area (Å²) in [5.41, 5.74) is -0.815. The number of pyridine rings is 1. The summed E-state index contributed by atoms with van der Waals surface area (Å²) in [5.74, 6) is 0. The minimum atomic E-state index is -2.74. The molecule has 7 heteroatoms. The Bertz CT molecular complexity index is 360. The van der Waals surface area contributed by atoms with Crippen molar-refractivity contribution in [1.82, 2.24) is 4.98 Å². The standard InChI is InChI=1S/C7H6F2N2O2S/c1-14-7-5(11(12)13)2-4(3-10-7)6(8)9/h2-3,6H,1H3. The van der Waals surface area contributed by atoms with Crippen molar-refractivity contribution in [1.29, 1.82) is 0 Å². The van der Waals surface area contributed by atoms with Crippen LogP contribution in [0.4, 0.5) is 14.5 Å². The highest BCUT2D eigenvalue weighted by Crippen LogP contribution is 2.29. The van der Waals surface area contributed by atoms with E-state index in [2.05, 4.69) is 4.98 Å². The maximum absolute atomic E-state index is 12.2. The van der Waals surface area contributed by atoms with Crippen molar-refractivity contribution in [3.05, 3.63) is 27.9 Å². The zero-order valence-electron chi connectivity index (χ0n) is 7.11. The van der Waals surface area contributed by atoms with Crippen LogP contribution >= 0.6 is 11.8 Å². The first-order chi connectivity index (χ1) is 6.56. The van der Waals surface area contributed by atoms with Crippen molar-refractivity contribution < 1.29 is 13.7 Å². The van der Waals surface area contributed by atoms with Gasteiger partial charge in [0.05, 0.1) is 4.92 Å². The largest absolute Gasteiger partial charge is 0.301 e. The van der Waals surface area contributed by atoms with Crippen molar-refractivity contribution in [2.75, 3.05) is 6.26 Å². The van der Waals surface area contributed by atoms with E-state index in [1.807, 2.05) is 0 Å². The molecule has 0 unspecified atom stereocenters. The molecule has 1 rings (SSSR count). The van der Waals surface area contributed by atoms with E-state index in [1.54, 1.807) is 6.26 Å². The Morgan fingerprint density at radius 2 is 2.29 bits per heavy atom. The fourth-order valence-electron chi connectivity index (χ4n) is 0.864. The third-order valence-corrected chi connectivity index (χ3v) is 2.20. The predicted octanol–water partition coefficient (Wildman–Crippen LogP) is 2.65. The maximum atomic E-state index is 12.2. The minimum absolute atomic E-state index is 0.138. The Morgan fingerprint density at radius 3 is 2.71 bits per heavy atom. The normalized spacial score (nSPS) is 10.6. The molecule has 0 atom stereocenters. The van der Waals surface area contributed by atoms with Crippen molar-refractivity contribution in [3.8, 4) is 0 Å². The van der Waals surface area contributed by atoms with Gasteiger partial charge in [0, 0.05) is 17.8 Å². The van der Waals surface area contributed by atoms with E-state index >= 15 is 0 Å². The first-order valence-corrected chi connectivity index (χ1v) is 4.75. The van der Waals surface area contributed by atoms with Gasteiger partial charge in [-0.15, -0.1) is 11.8 Å². The molecular weight excluding hydrogens is 214 g/mol. The lowest BCUT2D eigenvalue weighted by Gasteiger charge is -2.01. The van der Waals surface area contributed by atoms with Gasteiger partial charge in [0.1, 0.15) is 0 Å². The summed E-state index contributed by atoms with van der Waals surface area (Å²) in [6.07, 6.45) is -0.196. The average molecular weight is 220 g/mol. The van der Waals surface area contributed by atoms with Gasteiger partial charge in [-0.3, -0.25) is 10.1 Å². The first kappa shape index (κ1) is 10.8. The number of hydrogen-bond acceptors (Lipinski definition) is 4. The number of alkyl halides is 2. The van der Waals surface area contributed by atoms with Gasteiger partial charge in [0.2, 0.25) is 0 Å². The molecule has 0 saturated carbocycles. The molecule has 76 valence electrons. The monoisotopic (exact) mass is 220 g/mol. The predicted molar refractivity (Wildman–Crippen MR) is 47.6 cm³/mol. The Hall–Kier alpha value is -1.24. The Kier molecular flexibility index (Phi) is 3.34. The van der Waals surface area contributed by atoms with Gasteiger partial charge >= 0.3 is 5.69 Å². The van der Waals surface area contributed by atoms with E-state index in [-0.39, 0.29) is 10.7 Å². The second-order valence-electron chi connectivity index (χ2n) is 2.35. The van der Waals surface area contributed by atoms with Crippen LogP contribution in [0.5, 0.6) is 0 Å². The summed E-state index contributed by atoms with van der Waals surface area (Å²) >= 11 is 1.05. The molecule has 0 saturated heterocycles. The zero-order valence-corrected chi connectivity index (χ0v) is 7.92. The van der Waals surface area contributed by atoms with Gasteiger partial charge in [-0.1, -0.05) is 0 Å². The van der Waals surface area contributed by atoms with Crippen LogP contribution in [-0.4, -0.2) is 16.2 Å². The Labute approximate surface area is 82.5 Å². The van der Waals surface area contributed by atoms with Crippen molar-refractivity contribution >= 4 is 17.4 Å². The average Bonchev–Trinajstić information content (AvgIpc) is 2.16. The molecule has 1 aromatic heterocycles. The molecule has 14 heavy (non-hydrogen) atoms. The van der Waals surface area contributed by atoms with Crippen LogP contribution in [0.25, 0.3) is 0 Å². The van der Waals surface area contributed by atoms with Crippen molar-refractivity contribution in [3.63, 3.8) is 0 Å². The molecule has 0 spiro atoms. The van der Waals surface area contributed by atoms with E-state index < -0.39 is 16.9 Å². The SMILES string of the molecule is CSc1ncc(C(F)F)cc1[N+](=O)[O-]. The highest BCUT2D eigenvalue weighted by Gasteiger charge is 2.18. The van der Waals surface area contributed by atoms with Gasteiger partial charge in [-0.2, -0.15) is 0 Å². The summed E-state index contributed by atoms with van der Waals surface area (Å²) in [4.78, 5) is 13.3. The Balaban J connectivity index is 3.21. The first-order valence-electron chi connectivity index (χ1n) is 3.52. The van der Waals surface area contributed by atoms with Gasteiger partial charge < -0.3 is 0 Å². The lowest BCUT2D eigenvalue weighted by molar-refractivity contribution is -0.388. The molecule has 0 aromatic carbocycles. The van der Waals surface area contributed by atoms with Crippen molar-refractivity contribution in [2.45, 2.75) is 11.5 Å². The molecule has 0 radical (unpaired) electrons. The molecule has 0 amide bonds. The van der Waals surface area contributed by atoms with Crippen LogP contribution in [-0.2, 0) is 0 Å². The molecule has 0 aliphatic rings. The molecule has 1 aromatic rings. The van der Waals surface area contributed by atoms with E-state index in [9.17, 15) is 18.9 Å². The lowest BCUT2D eigenvalue weighted by atomic mass is 10.3. The van der Waals surface area contributed by atoms with Crippen LogP contribution in [0.1, 0.15) is 12.0 Å². The molecule has 1 heterocycles. The second kappa shape index (κ2) is 4.32. The molecule has 0 bridgehead atoms. The number of nitro groups is 1. The second-order valence-corrected chi connectivity index (χ2v) is 3.15. The lowest BCUT2D eigenvalue weighted by Crippen LogP contribution is -1.96. The third-order valence-electron chi connectivity index (χ3n) is 1.50. The quantitative estimate of drug-likeness (QED) is 0.446. The number of hydrogen-bond donors (Lipinski definition) is 0. The van der Waals surface area contributed by atoms with Gasteiger partial charge in [-0.25, -0.2) is 13.8 Å². The Morgan fingerprint density at radius 1 is 1.64 bits per heavy atom. The van der Waals surface area contributed by atoms with Crippen molar-refractivity contribution in [2.24, 2.45) is 0 Å².